The van der Waals surface area contributed by atoms with Crippen LogP contribution >= 0.6 is 0 Å². The molecule has 1 nitrogen and oxygen atoms in total. The van der Waals surface area contributed by atoms with Gasteiger partial charge < -0.3 is 0 Å². The van der Waals surface area contributed by atoms with Crippen LogP contribution in [0.25, 0.3) is 10.8 Å². The summed E-state index contributed by atoms with van der Waals surface area (Å²) in [4.78, 5) is 3.95. The molecule has 0 amide bonds. The largest absolute Gasteiger partial charge is 0.296 e. The van der Waals surface area contributed by atoms with Crippen LogP contribution in [0.5, 0.6) is 0 Å². The monoisotopic (exact) mass is 333 g/mol. The van der Waals surface area contributed by atoms with E-state index in [9.17, 15) is 0 Å². The average molecular weight is 334 g/mol. The number of nitrogens with zero attached hydrogens (tertiary/aromatic N) is 1. The number of rotatable bonds is 1. The van der Waals surface area contributed by atoms with Crippen molar-refractivity contribution in [1.29, 1.82) is 0 Å². The Morgan fingerprint density at radius 3 is 2.08 bits per heavy atom. The van der Waals surface area contributed by atoms with Crippen molar-refractivity contribution in [3.05, 3.63) is 82.4 Å². The Morgan fingerprint density at radius 1 is 0.720 bits per heavy atom. The van der Waals surface area contributed by atoms with Crippen LogP contribution in [0.4, 0.5) is 0 Å². The van der Waals surface area contributed by atoms with E-state index < -0.39 is 0 Å². The van der Waals surface area contributed by atoms with Crippen LogP contribution in [0, 0.1) is 27.7 Å². The Bertz CT molecular complexity index is 829. The molecule has 0 atom stereocenters. The molecule has 1 heteroatoms. The van der Waals surface area contributed by atoms with E-state index >= 15 is 0 Å². The highest BCUT2D eigenvalue weighted by Crippen LogP contribution is 2.18. The minimum Gasteiger partial charge on any atom is -0.296 e. The molecule has 0 bridgehead atoms. The van der Waals surface area contributed by atoms with Gasteiger partial charge in [0.25, 0.3) is 0 Å². The first-order valence-corrected chi connectivity index (χ1v) is 8.96. The number of hydrogen-bond donors (Lipinski definition) is 0. The van der Waals surface area contributed by atoms with Crippen molar-refractivity contribution in [2.75, 3.05) is 7.05 Å². The molecule has 3 rings (SSSR count). The number of aliphatic imine (C=N–C) groups is 1. The van der Waals surface area contributed by atoms with E-state index in [4.69, 9.17) is 0 Å². The van der Waals surface area contributed by atoms with Crippen molar-refractivity contribution in [2.45, 2.75) is 41.5 Å². The molecule has 132 valence electrons. The zero-order chi connectivity index (χ0) is 18.8. The first kappa shape index (κ1) is 20.6. The van der Waals surface area contributed by atoms with Gasteiger partial charge in [-0.2, -0.15) is 0 Å². The average Bonchev–Trinajstić information content (AvgIpc) is 2.61. The van der Waals surface area contributed by atoms with Gasteiger partial charge in [-0.3, -0.25) is 4.99 Å². The van der Waals surface area contributed by atoms with Crippen molar-refractivity contribution in [2.24, 2.45) is 4.99 Å². The minimum absolute atomic E-state index is 1.18. The van der Waals surface area contributed by atoms with Gasteiger partial charge >= 0.3 is 0 Å². The van der Waals surface area contributed by atoms with Gasteiger partial charge in [0, 0.05) is 13.3 Å². The van der Waals surface area contributed by atoms with Crippen LogP contribution in [-0.2, 0) is 0 Å². The van der Waals surface area contributed by atoms with Gasteiger partial charge in [-0.15, -0.1) is 0 Å². The molecule has 0 heterocycles. The van der Waals surface area contributed by atoms with E-state index in [2.05, 4.69) is 87.3 Å². The lowest BCUT2D eigenvalue weighted by molar-refractivity contribution is 1.33. The molecular weight excluding hydrogens is 302 g/mol. The normalized spacial score (nSPS) is 10.0. The summed E-state index contributed by atoms with van der Waals surface area (Å²) in [7, 11) is 1.79. The zero-order valence-electron chi connectivity index (χ0n) is 16.7. The maximum atomic E-state index is 3.95. The lowest BCUT2D eigenvalue weighted by Gasteiger charge is -2.01. The fourth-order valence-electron chi connectivity index (χ4n) is 2.56. The van der Waals surface area contributed by atoms with Crippen molar-refractivity contribution >= 4 is 17.0 Å². The van der Waals surface area contributed by atoms with E-state index in [-0.39, 0.29) is 0 Å². The maximum Gasteiger partial charge on any atom is 0.0281 e. The summed E-state index contributed by atoms with van der Waals surface area (Å²) in [5.41, 5.74) is 6.51. The van der Waals surface area contributed by atoms with Crippen LogP contribution in [0.2, 0.25) is 0 Å². The third-order valence-corrected chi connectivity index (χ3v) is 4.06. The molecule has 0 radical (unpaired) electrons. The van der Waals surface area contributed by atoms with E-state index in [1.165, 1.54) is 38.6 Å². The molecule has 0 aliphatic rings. The Kier molecular flexibility index (Phi) is 8.63. The molecule has 0 unspecified atom stereocenters. The molecule has 0 aliphatic carbocycles. The quantitative estimate of drug-likeness (QED) is 0.432. The Balaban J connectivity index is 0.000000229. The SMILES string of the molecule is CC.CN=Cc1ccc(C)c(C)c1.Cc1ccc2c(C)cccc2c1. The highest BCUT2D eigenvalue weighted by atomic mass is 14.6. The van der Waals surface area contributed by atoms with Gasteiger partial charge in [0.05, 0.1) is 0 Å². The van der Waals surface area contributed by atoms with E-state index in [1.807, 2.05) is 20.1 Å². The van der Waals surface area contributed by atoms with E-state index in [0.29, 0.717) is 0 Å². The van der Waals surface area contributed by atoms with Crippen molar-refractivity contribution in [1.82, 2.24) is 0 Å². The van der Waals surface area contributed by atoms with Crippen molar-refractivity contribution in [3.63, 3.8) is 0 Å². The molecule has 3 aromatic carbocycles. The molecule has 0 spiro atoms. The predicted octanol–water partition coefficient (Wildman–Crippen LogP) is 6.83. The van der Waals surface area contributed by atoms with Crippen LogP contribution in [0.15, 0.2) is 59.6 Å². The molecule has 0 fully saturated rings. The Hall–Kier alpha value is -2.41. The van der Waals surface area contributed by atoms with Gasteiger partial charge in [0.15, 0.2) is 0 Å². The third kappa shape index (κ3) is 6.19. The maximum absolute atomic E-state index is 3.95. The van der Waals surface area contributed by atoms with Crippen molar-refractivity contribution < 1.29 is 0 Å². The van der Waals surface area contributed by atoms with Gasteiger partial charge in [-0.05, 0) is 60.7 Å². The van der Waals surface area contributed by atoms with E-state index in [0.717, 1.165) is 0 Å². The highest BCUT2D eigenvalue weighted by molar-refractivity contribution is 5.86. The summed E-state index contributed by atoms with van der Waals surface area (Å²) in [6.07, 6.45) is 1.87. The number of hydrogen-bond acceptors (Lipinski definition) is 1. The van der Waals surface area contributed by atoms with Gasteiger partial charge in [-0.1, -0.05) is 74.0 Å². The summed E-state index contributed by atoms with van der Waals surface area (Å²) >= 11 is 0. The van der Waals surface area contributed by atoms with Gasteiger partial charge in [0.2, 0.25) is 0 Å². The fourth-order valence-corrected chi connectivity index (χ4v) is 2.56. The summed E-state index contributed by atoms with van der Waals surface area (Å²) < 4.78 is 0. The lowest BCUT2D eigenvalue weighted by atomic mass is 10.0. The number of benzene rings is 3. The Labute approximate surface area is 153 Å². The molecule has 3 aromatic rings. The predicted molar refractivity (Wildman–Crippen MR) is 114 cm³/mol. The number of fused-ring (bicyclic) bond motifs is 1. The topological polar surface area (TPSA) is 12.4 Å². The smallest absolute Gasteiger partial charge is 0.0281 e. The standard InChI is InChI=1S/C12H12.C10H13N.C2H6/c1-9-6-7-12-10(2)4-3-5-11(12)8-9;1-8-4-5-10(7-11-3)6-9(8)2;1-2/h3-8H,1-2H3;4-7H,1-3H3;1-2H3. The summed E-state index contributed by atoms with van der Waals surface area (Å²) in [5, 5.41) is 2.71. The molecular formula is C24H31N. The molecule has 0 aromatic heterocycles. The van der Waals surface area contributed by atoms with Gasteiger partial charge in [0.1, 0.15) is 0 Å². The fraction of sp³-hybridized carbons (Fsp3) is 0.292. The summed E-state index contributed by atoms with van der Waals surface area (Å²) in [5.74, 6) is 0. The second-order valence-corrected chi connectivity index (χ2v) is 6.03. The first-order chi connectivity index (χ1) is 12.0. The lowest BCUT2D eigenvalue weighted by Crippen LogP contribution is -1.85. The second-order valence-electron chi connectivity index (χ2n) is 6.03. The molecule has 0 aliphatic heterocycles. The minimum atomic E-state index is 1.18. The van der Waals surface area contributed by atoms with Gasteiger partial charge in [-0.25, -0.2) is 0 Å². The second kappa shape index (κ2) is 10.5. The number of aryl methyl sites for hydroxylation is 4. The molecule has 0 saturated heterocycles. The van der Waals surface area contributed by atoms with Crippen LogP contribution in [0.1, 0.15) is 41.7 Å². The molecule has 0 N–H and O–H groups in total. The summed E-state index contributed by atoms with van der Waals surface area (Å²) in [6.45, 7) is 12.5. The first-order valence-electron chi connectivity index (χ1n) is 8.96. The Morgan fingerprint density at radius 2 is 1.44 bits per heavy atom. The molecule has 0 saturated carbocycles. The third-order valence-electron chi connectivity index (χ3n) is 4.06. The molecule has 25 heavy (non-hydrogen) atoms. The van der Waals surface area contributed by atoms with E-state index in [1.54, 1.807) is 7.05 Å². The van der Waals surface area contributed by atoms with Crippen LogP contribution in [-0.4, -0.2) is 13.3 Å². The van der Waals surface area contributed by atoms with Crippen LogP contribution < -0.4 is 0 Å². The van der Waals surface area contributed by atoms with Crippen molar-refractivity contribution in [3.8, 4) is 0 Å². The zero-order valence-corrected chi connectivity index (χ0v) is 16.7. The van der Waals surface area contributed by atoms with Crippen LogP contribution in [0.3, 0.4) is 0 Å². The summed E-state index contributed by atoms with van der Waals surface area (Å²) in [6, 6.07) is 19.3. The highest BCUT2D eigenvalue weighted by Gasteiger charge is 1.95.